The van der Waals surface area contributed by atoms with E-state index in [0.29, 0.717) is 11.5 Å². The van der Waals surface area contributed by atoms with E-state index in [4.69, 9.17) is 4.42 Å². The molecule has 102 valence electrons. The molecule has 2 N–H and O–H groups in total. The Bertz CT molecular complexity index is 687. The quantitative estimate of drug-likeness (QED) is 0.732. The summed E-state index contributed by atoms with van der Waals surface area (Å²) in [6, 6.07) is 5.07. The first-order chi connectivity index (χ1) is 9.74. The van der Waals surface area contributed by atoms with Gasteiger partial charge in [0.05, 0.1) is 12.8 Å². The van der Waals surface area contributed by atoms with Gasteiger partial charge in [0, 0.05) is 18.6 Å². The summed E-state index contributed by atoms with van der Waals surface area (Å²) < 4.78 is 6.70. The van der Waals surface area contributed by atoms with Crippen LogP contribution >= 0.6 is 0 Å². The van der Waals surface area contributed by atoms with Gasteiger partial charge in [0.1, 0.15) is 17.6 Å². The maximum atomic E-state index is 11.9. The molecule has 1 atom stereocenters. The molecule has 0 aliphatic rings. The van der Waals surface area contributed by atoms with Crippen molar-refractivity contribution in [2.75, 3.05) is 6.54 Å². The number of carbonyl (C=O) groups is 1. The Balaban J connectivity index is 1.67. The van der Waals surface area contributed by atoms with Crippen LogP contribution < -0.4 is 5.32 Å². The number of nitrogens with zero attached hydrogens (tertiary/aromatic N) is 3. The number of aliphatic hydroxyl groups is 1. The van der Waals surface area contributed by atoms with Crippen LogP contribution in [0.3, 0.4) is 0 Å². The van der Waals surface area contributed by atoms with Crippen LogP contribution in [0.4, 0.5) is 0 Å². The molecule has 0 aliphatic carbocycles. The average Bonchev–Trinajstić information content (AvgIpc) is 3.12. The smallest absolute Gasteiger partial charge is 0.271 e. The Morgan fingerprint density at radius 2 is 2.40 bits per heavy atom. The molecule has 7 nitrogen and oxygen atoms in total. The van der Waals surface area contributed by atoms with Gasteiger partial charge in [-0.2, -0.15) is 0 Å². The molecule has 20 heavy (non-hydrogen) atoms. The largest absolute Gasteiger partial charge is 0.467 e. The van der Waals surface area contributed by atoms with E-state index in [0.717, 1.165) is 0 Å². The minimum Gasteiger partial charge on any atom is -0.467 e. The molecule has 0 fully saturated rings. The fourth-order valence-electron chi connectivity index (χ4n) is 1.80. The third-order valence-electron chi connectivity index (χ3n) is 2.80. The first kappa shape index (κ1) is 12.4. The molecule has 3 rings (SSSR count). The average molecular weight is 272 g/mol. The molecular formula is C13H12N4O3. The lowest BCUT2D eigenvalue weighted by Gasteiger charge is -2.08. The van der Waals surface area contributed by atoms with Crippen LogP contribution in [-0.4, -0.2) is 31.9 Å². The van der Waals surface area contributed by atoms with E-state index in [1.165, 1.54) is 6.26 Å². The second-order valence-corrected chi connectivity index (χ2v) is 4.19. The van der Waals surface area contributed by atoms with Crippen molar-refractivity contribution in [1.82, 2.24) is 19.7 Å². The topological polar surface area (TPSA) is 92.7 Å². The predicted octanol–water partition coefficient (Wildman–Crippen LogP) is 0.786. The lowest BCUT2D eigenvalue weighted by atomic mass is 10.2. The van der Waals surface area contributed by atoms with Crippen LogP contribution in [-0.2, 0) is 0 Å². The van der Waals surface area contributed by atoms with Crippen molar-refractivity contribution in [3.8, 4) is 0 Å². The summed E-state index contributed by atoms with van der Waals surface area (Å²) in [5.41, 5.74) is 0.246. The van der Waals surface area contributed by atoms with Crippen LogP contribution in [0.15, 0.2) is 47.5 Å². The summed E-state index contributed by atoms with van der Waals surface area (Å²) in [5, 5.41) is 12.4. The maximum absolute atomic E-state index is 11.9. The number of imidazole rings is 1. The Labute approximate surface area is 113 Å². The number of hydrogen-bond acceptors (Lipinski definition) is 5. The third kappa shape index (κ3) is 2.39. The van der Waals surface area contributed by atoms with Crippen molar-refractivity contribution in [3.63, 3.8) is 0 Å². The summed E-state index contributed by atoms with van der Waals surface area (Å²) in [6.45, 7) is 0.0493. The van der Waals surface area contributed by atoms with Crippen molar-refractivity contribution in [3.05, 3.63) is 54.5 Å². The van der Waals surface area contributed by atoms with E-state index >= 15 is 0 Å². The Morgan fingerprint density at radius 1 is 1.50 bits per heavy atom. The fraction of sp³-hybridized carbons (Fsp3) is 0.154. The van der Waals surface area contributed by atoms with Crippen molar-refractivity contribution < 1.29 is 14.3 Å². The molecule has 1 unspecified atom stereocenters. The Morgan fingerprint density at radius 3 is 3.15 bits per heavy atom. The number of rotatable bonds is 4. The predicted molar refractivity (Wildman–Crippen MR) is 69.0 cm³/mol. The Kier molecular flexibility index (Phi) is 3.18. The minimum atomic E-state index is -0.885. The van der Waals surface area contributed by atoms with Gasteiger partial charge in [-0.25, -0.2) is 9.97 Å². The molecule has 0 aliphatic heterocycles. The van der Waals surface area contributed by atoms with Crippen LogP contribution in [0.1, 0.15) is 22.4 Å². The highest BCUT2D eigenvalue weighted by Gasteiger charge is 2.15. The van der Waals surface area contributed by atoms with Crippen molar-refractivity contribution in [2.24, 2.45) is 0 Å². The number of carbonyl (C=O) groups excluding carboxylic acids is 1. The second kappa shape index (κ2) is 5.14. The molecule has 0 spiro atoms. The van der Waals surface area contributed by atoms with Crippen molar-refractivity contribution in [1.29, 1.82) is 0 Å². The molecule has 0 aromatic carbocycles. The van der Waals surface area contributed by atoms with Gasteiger partial charge in [0.15, 0.2) is 0 Å². The zero-order valence-electron chi connectivity index (χ0n) is 10.4. The van der Waals surface area contributed by atoms with E-state index in [-0.39, 0.29) is 18.1 Å². The molecule has 7 heteroatoms. The highest BCUT2D eigenvalue weighted by Crippen LogP contribution is 2.11. The highest BCUT2D eigenvalue weighted by atomic mass is 16.4. The number of nitrogens with one attached hydrogen (secondary N) is 1. The first-order valence-corrected chi connectivity index (χ1v) is 6.03. The van der Waals surface area contributed by atoms with Gasteiger partial charge in [-0.15, -0.1) is 0 Å². The van der Waals surface area contributed by atoms with Gasteiger partial charge in [-0.1, -0.05) is 0 Å². The second-order valence-electron chi connectivity index (χ2n) is 4.19. The van der Waals surface area contributed by atoms with Crippen LogP contribution in [0.2, 0.25) is 0 Å². The molecule has 1 amide bonds. The van der Waals surface area contributed by atoms with Crippen molar-refractivity contribution in [2.45, 2.75) is 6.10 Å². The standard InChI is InChI=1S/C13H12N4O3/c18-10(11-3-1-6-20-11)7-15-12(19)9-8-17-5-2-4-14-13(17)16-9/h1-6,8,10,18H,7H2,(H,15,19). The number of aliphatic hydroxyl groups excluding tert-OH is 1. The van der Waals surface area contributed by atoms with E-state index < -0.39 is 6.10 Å². The molecule has 0 bridgehead atoms. The third-order valence-corrected chi connectivity index (χ3v) is 2.80. The number of aromatic nitrogens is 3. The highest BCUT2D eigenvalue weighted by molar-refractivity contribution is 5.92. The summed E-state index contributed by atoms with van der Waals surface area (Å²) in [6.07, 6.45) is 5.52. The van der Waals surface area contributed by atoms with E-state index in [2.05, 4.69) is 15.3 Å². The number of amides is 1. The summed E-state index contributed by atoms with van der Waals surface area (Å²) in [5.74, 6) is 0.479. The number of furan rings is 1. The molecule has 0 radical (unpaired) electrons. The number of fused-ring (bicyclic) bond motifs is 1. The van der Waals surface area contributed by atoms with Crippen LogP contribution in [0.5, 0.6) is 0 Å². The fourth-order valence-corrected chi connectivity index (χ4v) is 1.80. The maximum Gasteiger partial charge on any atom is 0.271 e. The minimum absolute atomic E-state index is 0.0493. The first-order valence-electron chi connectivity index (χ1n) is 6.03. The summed E-state index contributed by atoms with van der Waals surface area (Å²) in [7, 11) is 0. The zero-order chi connectivity index (χ0) is 13.9. The van der Waals surface area contributed by atoms with Crippen LogP contribution in [0, 0.1) is 0 Å². The summed E-state index contributed by atoms with van der Waals surface area (Å²) in [4.78, 5) is 20.0. The molecule has 0 saturated heterocycles. The number of hydrogen-bond donors (Lipinski definition) is 2. The van der Waals surface area contributed by atoms with E-state index in [1.54, 1.807) is 41.2 Å². The lowest BCUT2D eigenvalue weighted by Crippen LogP contribution is -2.28. The van der Waals surface area contributed by atoms with Gasteiger partial charge >= 0.3 is 0 Å². The molecular weight excluding hydrogens is 260 g/mol. The SMILES string of the molecule is O=C(NCC(O)c1ccco1)c1cn2cccnc2n1. The molecule has 0 saturated carbocycles. The molecule has 3 aromatic heterocycles. The monoisotopic (exact) mass is 272 g/mol. The zero-order valence-corrected chi connectivity index (χ0v) is 10.4. The van der Waals surface area contributed by atoms with Crippen LogP contribution in [0.25, 0.3) is 5.78 Å². The lowest BCUT2D eigenvalue weighted by molar-refractivity contribution is 0.0897. The molecule has 3 heterocycles. The van der Waals surface area contributed by atoms with Gasteiger partial charge in [-0.05, 0) is 18.2 Å². The van der Waals surface area contributed by atoms with E-state index in [1.807, 2.05) is 0 Å². The van der Waals surface area contributed by atoms with Crippen molar-refractivity contribution >= 4 is 11.7 Å². The van der Waals surface area contributed by atoms with Gasteiger partial charge < -0.3 is 14.8 Å². The van der Waals surface area contributed by atoms with Gasteiger partial charge in [-0.3, -0.25) is 9.20 Å². The van der Waals surface area contributed by atoms with Gasteiger partial charge in [0.2, 0.25) is 5.78 Å². The van der Waals surface area contributed by atoms with E-state index in [9.17, 15) is 9.90 Å². The molecule has 3 aromatic rings. The Hall–Kier alpha value is -2.67. The summed E-state index contributed by atoms with van der Waals surface area (Å²) >= 11 is 0. The van der Waals surface area contributed by atoms with Gasteiger partial charge in [0.25, 0.3) is 5.91 Å². The normalized spacial score (nSPS) is 12.4.